The summed E-state index contributed by atoms with van der Waals surface area (Å²) in [5.74, 6) is -0.857. The Morgan fingerprint density at radius 1 is 1.35 bits per heavy atom. The highest BCUT2D eigenvalue weighted by Gasteiger charge is 2.30. The van der Waals surface area contributed by atoms with Gasteiger partial charge in [-0.05, 0) is 26.3 Å². The number of carbonyl (C=O) groups excluding carboxylic acids is 3. The fraction of sp³-hybridized carbons (Fsp3) is 0.471. The maximum atomic E-state index is 12.8. The molecule has 0 aliphatic heterocycles. The molecule has 23 heavy (non-hydrogen) atoms. The molecule has 0 radical (unpaired) electrons. The lowest BCUT2D eigenvalue weighted by Crippen LogP contribution is -2.43. The van der Waals surface area contributed by atoms with Crippen LogP contribution in [0.2, 0.25) is 0 Å². The van der Waals surface area contributed by atoms with Crippen molar-refractivity contribution in [2.75, 3.05) is 13.7 Å². The van der Waals surface area contributed by atoms with E-state index in [0.717, 1.165) is 0 Å². The summed E-state index contributed by atoms with van der Waals surface area (Å²) in [5, 5.41) is 0. The van der Waals surface area contributed by atoms with Gasteiger partial charge in [-0.3, -0.25) is 9.59 Å². The average molecular weight is 320 g/mol. The van der Waals surface area contributed by atoms with Crippen LogP contribution in [-0.2, 0) is 9.53 Å². The Morgan fingerprint density at radius 3 is 2.43 bits per heavy atom. The quantitative estimate of drug-likeness (QED) is 0.475. The first-order valence-corrected chi connectivity index (χ1v) is 7.52. The van der Waals surface area contributed by atoms with Crippen molar-refractivity contribution in [3.8, 4) is 0 Å². The SMILES string of the molecule is C=CCN(C(=O)CC)[C@H](C)C(=O)c1c(C)[nH]c(C(=O)OC)c1C. The Kier molecular flexibility index (Phi) is 6.30. The molecule has 6 heteroatoms. The minimum Gasteiger partial charge on any atom is -0.464 e. The predicted molar refractivity (Wildman–Crippen MR) is 87.6 cm³/mol. The van der Waals surface area contributed by atoms with E-state index in [9.17, 15) is 14.4 Å². The van der Waals surface area contributed by atoms with Gasteiger partial charge in [-0.25, -0.2) is 4.79 Å². The average Bonchev–Trinajstić information content (AvgIpc) is 2.84. The molecule has 0 aromatic carbocycles. The number of ketones is 1. The number of methoxy groups -OCH3 is 1. The number of amides is 1. The molecule has 1 rings (SSSR count). The van der Waals surface area contributed by atoms with Crippen LogP contribution in [-0.4, -0.2) is 47.2 Å². The Morgan fingerprint density at radius 2 is 1.96 bits per heavy atom. The molecule has 1 heterocycles. The van der Waals surface area contributed by atoms with Crippen molar-refractivity contribution in [3.05, 3.63) is 35.2 Å². The number of hydrogen-bond donors (Lipinski definition) is 1. The monoisotopic (exact) mass is 320 g/mol. The number of ether oxygens (including phenoxy) is 1. The lowest BCUT2D eigenvalue weighted by atomic mass is 9.99. The van der Waals surface area contributed by atoms with Gasteiger partial charge in [0.25, 0.3) is 0 Å². The molecule has 1 aromatic heterocycles. The molecule has 0 bridgehead atoms. The topological polar surface area (TPSA) is 79.5 Å². The third kappa shape index (κ3) is 3.70. The van der Waals surface area contributed by atoms with Gasteiger partial charge in [0.2, 0.25) is 5.91 Å². The molecule has 0 saturated carbocycles. The van der Waals surface area contributed by atoms with Gasteiger partial charge < -0.3 is 14.6 Å². The molecule has 0 saturated heterocycles. The number of nitrogens with zero attached hydrogens (tertiary/aromatic N) is 1. The van der Waals surface area contributed by atoms with Gasteiger partial charge >= 0.3 is 5.97 Å². The summed E-state index contributed by atoms with van der Waals surface area (Å²) in [6.07, 6.45) is 1.90. The maximum absolute atomic E-state index is 12.8. The summed E-state index contributed by atoms with van der Waals surface area (Å²) in [5.41, 5.74) is 1.81. The summed E-state index contributed by atoms with van der Waals surface area (Å²) in [6.45, 7) is 10.8. The van der Waals surface area contributed by atoms with Crippen molar-refractivity contribution in [1.82, 2.24) is 9.88 Å². The number of carbonyl (C=O) groups is 3. The summed E-state index contributed by atoms with van der Waals surface area (Å²) in [4.78, 5) is 41.0. The van der Waals surface area contributed by atoms with E-state index in [0.29, 0.717) is 29.8 Å². The molecule has 1 amide bonds. The lowest BCUT2D eigenvalue weighted by Gasteiger charge is -2.27. The fourth-order valence-corrected chi connectivity index (χ4v) is 2.59. The molecule has 0 spiro atoms. The number of rotatable bonds is 7. The minimum absolute atomic E-state index is 0.121. The third-order valence-corrected chi connectivity index (χ3v) is 3.87. The highest BCUT2D eigenvalue weighted by Crippen LogP contribution is 2.22. The lowest BCUT2D eigenvalue weighted by molar-refractivity contribution is -0.131. The van der Waals surface area contributed by atoms with Gasteiger partial charge in [0, 0.05) is 24.2 Å². The van der Waals surface area contributed by atoms with E-state index >= 15 is 0 Å². The second-order valence-electron chi connectivity index (χ2n) is 5.35. The first-order valence-electron chi connectivity index (χ1n) is 7.52. The number of aromatic amines is 1. The summed E-state index contributed by atoms with van der Waals surface area (Å²) >= 11 is 0. The number of nitrogens with one attached hydrogen (secondary N) is 1. The summed E-state index contributed by atoms with van der Waals surface area (Å²) in [7, 11) is 1.29. The van der Waals surface area contributed by atoms with E-state index in [1.807, 2.05) is 0 Å². The zero-order valence-electron chi connectivity index (χ0n) is 14.4. The molecule has 0 fully saturated rings. The highest BCUT2D eigenvalue weighted by atomic mass is 16.5. The van der Waals surface area contributed by atoms with Gasteiger partial charge in [-0.1, -0.05) is 13.0 Å². The molecular formula is C17H24N2O4. The number of hydrogen-bond acceptors (Lipinski definition) is 4. The van der Waals surface area contributed by atoms with Crippen LogP contribution in [0.15, 0.2) is 12.7 Å². The van der Waals surface area contributed by atoms with E-state index in [1.165, 1.54) is 12.0 Å². The normalized spacial score (nSPS) is 11.7. The molecule has 1 N–H and O–H groups in total. The number of Topliss-reactive ketones (excluding diaryl/α,β-unsaturated/α-hetero) is 1. The Labute approximate surface area is 136 Å². The van der Waals surface area contributed by atoms with Crippen LogP contribution in [0.5, 0.6) is 0 Å². The van der Waals surface area contributed by atoms with E-state index < -0.39 is 12.0 Å². The molecule has 6 nitrogen and oxygen atoms in total. The molecular weight excluding hydrogens is 296 g/mol. The van der Waals surface area contributed by atoms with Gasteiger partial charge in [-0.15, -0.1) is 6.58 Å². The van der Waals surface area contributed by atoms with Crippen LogP contribution in [0.25, 0.3) is 0 Å². The molecule has 1 atom stereocenters. The number of esters is 1. The van der Waals surface area contributed by atoms with Crippen molar-refractivity contribution in [2.24, 2.45) is 0 Å². The maximum Gasteiger partial charge on any atom is 0.354 e. The van der Waals surface area contributed by atoms with Crippen LogP contribution >= 0.6 is 0 Å². The van der Waals surface area contributed by atoms with Crippen molar-refractivity contribution in [2.45, 2.75) is 40.2 Å². The van der Waals surface area contributed by atoms with Gasteiger partial charge in [0.05, 0.1) is 13.2 Å². The van der Waals surface area contributed by atoms with E-state index in [1.54, 1.807) is 33.8 Å². The molecule has 0 aliphatic rings. The van der Waals surface area contributed by atoms with Crippen LogP contribution in [0, 0.1) is 13.8 Å². The predicted octanol–water partition coefficient (Wildman–Crippen LogP) is 2.41. The van der Waals surface area contributed by atoms with Gasteiger partial charge in [0.15, 0.2) is 5.78 Å². The Hall–Kier alpha value is -2.37. The first-order chi connectivity index (χ1) is 10.8. The van der Waals surface area contributed by atoms with Crippen LogP contribution in [0.1, 0.15) is 52.4 Å². The van der Waals surface area contributed by atoms with E-state index in [2.05, 4.69) is 11.6 Å². The van der Waals surface area contributed by atoms with Crippen molar-refractivity contribution in [1.29, 1.82) is 0 Å². The van der Waals surface area contributed by atoms with E-state index in [-0.39, 0.29) is 17.4 Å². The highest BCUT2D eigenvalue weighted by molar-refractivity contribution is 6.06. The second kappa shape index (κ2) is 7.76. The number of aryl methyl sites for hydroxylation is 1. The van der Waals surface area contributed by atoms with E-state index in [4.69, 9.17) is 4.74 Å². The third-order valence-electron chi connectivity index (χ3n) is 3.87. The smallest absolute Gasteiger partial charge is 0.354 e. The zero-order valence-corrected chi connectivity index (χ0v) is 14.4. The summed E-state index contributed by atoms with van der Waals surface area (Å²) in [6, 6.07) is -0.640. The molecule has 126 valence electrons. The Balaban J connectivity index is 3.22. The minimum atomic E-state index is -0.640. The fourth-order valence-electron chi connectivity index (χ4n) is 2.59. The molecule has 0 aliphatic carbocycles. The van der Waals surface area contributed by atoms with Crippen LogP contribution in [0.3, 0.4) is 0 Å². The first kappa shape index (κ1) is 18.7. The van der Waals surface area contributed by atoms with Crippen molar-refractivity contribution in [3.63, 3.8) is 0 Å². The standard InChI is InChI=1S/C17H24N2O4/c1-7-9-19(13(20)8-2)12(5)16(21)14-10(3)15(17(22)23-6)18-11(14)4/h7,12,18H,1,8-9H2,2-6H3/t12-/m1/s1. The summed E-state index contributed by atoms with van der Waals surface area (Å²) < 4.78 is 4.71. The van der Waals surface area contributed by atoms with Gasteiger partial charge in [-0.2, -0.15) is 0 Å². The van der Waals surface area contributed by atoms with Crippen LogP contribution < -0.4 is 0 Å². The molecule has 0 unspecified atom stereocenters. The van der Waals surface area contributed by atoms with Gasteiger partial charge in [0.1, 0.15) is 5.69 Å². The number of aromatic nitrogens is 1. The molecule has 1 aromatic rings. The van der Waals surface area contributed by atoms with Crippen molar-refractivity contribution >= 4 is 17.7 Å². The van der Waals surface area contributed by atoms with Crippen LogP contribution in [0.4, 0.5) is 0 Å². The van der Waals surface area contributed by atoms with Crippen molar-refractivity contribution < 1.29 is 19.1 Å². The Bertz CT molecular complexity index is 631. The second-order valence-corrected chi connectivity index (χ2v) is 5.35. The largest absolute Gasteiger partial charge is 0.464 e. The number of H-pyrrole nitrogens is 1. The zero-order chi connectivity index (χ0) is 17.7.